The van der Waals surface area contributed by atoms with Gasteiger partial charge in [-0.2, -0.15) is 0 Å². The van der Waals surface area contributed by atoms with Crippen molar-refractivity contribution in [2.45, 2.75) is 58.5 Å². The molecule has 1 aliphatic rings. The minimum absolute atomic E-state index is 0.187. The first-order valence-corrected chi connectivity index (χ1v) is 7.32. The number of nitrogens with one attached hydrogen (secondary N) is 1. The number of rotatable bonds is 6. The summed E-state index contributed by atoms with van der Waals surface area (Å²) >= 11 is 0. The van der Waals surface area contributed by atoms with Gasteiger partial charge in [-0.3, -0.25) is 4.79 Å². The van der Waals surface area contributed by atoms with Crippen LogP contribution < -0.4 is 11.1 Å². The first-order chi connectivity index (χ1) is 8.54. The maximum atomic E-state index is 11.4. The van der Waals surface area contributed by atoms with Crippen molar-refractivity contribution in [2.75, 3.05) is 19.6 Å². The van der Waals surface area contributed by atoms with E-state index in [0.717, 1.165) is 19.4 Å². The topological polar surface area (TPSA) is 58.4 Å². The van der Waals surface area contributed by atoms with Crippen molar-refractivity contribution in [3.05, 3.63) is 0 Å². The van der Waals surface area contributed by atoms with Crippen LogP contribution in [0.2, 0.25) is 0 Å². The number of hydrogen-bond donors (Lipinski definition) is 2. The van der Waals surface area contributed by atoms with Gasteiger partial charge >= 0.3 is 0 Å². The highest BCUT2D eigenvalue weighted by Crippen LogP contribution is 2.13. The molecule has 18 heavy (non-hydrogen) atoms. The summed E-state index contributed by atoms with van der Waals surface area (Å²) in [4.78, 5) is 13.9. The monoisotopic (exact) mass is 255 g/mol. The molecule has 4 nitrogen and oxygen atoms in total. The third kappa shape index (κ3) is 4.94. The Bertz CT molecular complexity index is 255. The molecule has 1 heterocycles. The Balaban J connectivity index is 2.45. The fraction of sp³-hybridized carbons (Fsp3) is 0.929. The Hall–Kier alpha value is -0.610. The molecule has 106 valence electrons. The highest BCUT2D eigenvalue weighted by atomic mass is 16.1. The molecule has 0 radical (unpaired) electrons. The molecule has 3 N–H and O–H groups in total. The summed E-state index contributed by atoms with van der Waals surface area (Å²) in [6.45, 7) is 9.83. The zero-order valence-electron chi connectivity index (χ0n) is 12.1. The minimum Gasteiger partial charge on any atom is -0.368 e. The second kappa shape index (κ2) is 7.74. The lowest BCUT2D eigenvalue weighted by molar-refractivity contribution is -0.121. The number of likely N-dealkylation sites (tertiary alicyclic amines) is 1. The summed E-state index contributed by atoms with van der Waals surface area (Å²) < 4.78 is 0. The molecular weight excluding hydrogens is 226 g/mol. The molecule has 0 aromatic rings. The molecule has 0 saturated carbocycles. The van der Waals surface area contributed by atoms with Crippen molar-refractivity contribution in [3.8, 4) is 0 Å². The third-order valence-corrected chi connectivity index (χ3v) is 3.75. The SMILES string of the molecule is CCCN1CCCC(NC(C(N)=O)C(C)C)CC1. The predicted molar refractivity (Wildman–Crippen MR) is 75.3 cm³/mol. The highest BCUT2D eigenvalue weighted by molar-refractivity contribution is 5.80. The summed E-state index contributed by atoms with van der Waals surface area (Å²) in [5.74, 6) is 0.0390. The van der Waals surface area contributed by atoms with Gasteiger partial charge in [-0.05, 0) is 51.2 Å². The van der Waals surface area contributed by atoms with E-state index in [4.69, 9.17) is 5.73 Å². The summed E-state index contributed by atoms with van der Waals surface area (Å²) in [7, 11) is 0. The maximum Gasteiger partial charge on any atom is 0.234 e. The van der Waals surface area contributed by atoms with Crippen LogP contribution in [0.1, 0.15) is 46.5 Å². The lowest BCUT2D eigenvalue weighted by Crippen LogP contribution is -2.49. The van der Waals surface area contributed by atoms with Crippen LogP contribution in [0.3, 0.4) is 0 Å². The van der Waals surface area contributed by atoms with Crippen LogP contribution in [0.4, 0.5) is 0 Å². The molecule has 4 heteroatoms. The number of hydrogen-bond acceptors (Lipinski definition) is 3. The molecule has 1 amide bonds. The Morgan fingerprint density at radius 3 is 2.67 bits per heavy atom. The maximum absolute atomic E-state index is 11.4. The normalized spacial score (nSPS) is 23.9. The number of nitrogens with two attached hydrogens (primary N) is 1. The minimum atomic E-state index is -0.223. The summed E-state index contributed by atoms with van der Waals surface area (Å²) in [5, 5.41) is 3.46. The number of primary amides is 1. The molecule has 1 saturated heterocycles. The van der Waals surface area contributed by atoms with Crippen LogP contribution >= 0.6 is 0 Å². The van der Waals surface area contributed by atoms with Gasteiger partial charge in [-0.1, -0.05) is 20.8 Å². The number of carbonyl (C=O) groups excluding carboxylic acids is 1. The van der Waals surface area contributed by atoms with Gasteiger partial charge in [0.05, 0.1) is 6.04 Å². The van der Waals surface area contributed by atoms with Gasteiger partial charge in [0.15, 0.2) is 0 Å². The van der Waals surface area contributed by atoms with Crippen molar-refractivity contribution >= 4 is 5.91 Å². The standard InChI is InChI=1S/C14H29N3O/c1-4-8-17-9-5-6-12(7-10-17)16-13(11(2)3)14(15)18/h11-13,16H,4-10H2,1-3H3,(H2,15,18). The Morgan fingerprint density at radius 2 is 2.11 bits per heavy atom. The molecule has 0 bridgehead atoms. The van der Waals surface area contributed by atoms with E-state index >= 15 is 0 Å². The highest BCUT2D eigenvalue weighted by Gasteiger charge is 2.24. The van der Waals surface area contributed by atoms with Gasteiger partial charge < -0.3 is 16.0 Å². The third-order valence-electron chi connectivity index (χ3n) is 3.75. The summed E-state index contributed by atoms with van der Waals surface area (Å²) in [5.41, 5.74) is 5.46. The molecule has 0 aliphatic carbocycles. The smallest absolute Gasteiger partial charge is 0.234 e. The number of amides is 1. The van der Waals surface area contributed by atoms with E-state index in [9.17, 15) is 4.79 Å². The van der Waals surface area contributed by atoms with Crippen LogP contribution in [0, 0.1) is 5.92 Å². The van der Waals surface area contributed by atoms with E-state index in [-0.39, 0.29) is 17.9 Å². The Kier molecular flexibility index (Phi) is 6.65. The average Bonchev–Trinajstić information content (AvgIpc) is 2.51. The van der Waals surface area contributed by atoms with E-state index in [2.05, 4.69) is 17.1 Å². The molecule has 0 spiro atoms. The average molecular weight is 255 g/mol. The lowest BCUT2D eigenvalue weighted by Gasteiger charge is -2.25. The van der Waals surface area contributed by atoms with Gasteiger partial charge in [0, 0.05) is 6.04 Å². The van der Waals surface area contributed by atoms with Crippen LogP contribution in [0.5, 0.6) is 0 Å². The Morgan fingerprint density at radius 1 is 1.39 bits per heavy atom. The van der Waals surface area contributed by atoms with Crippen LogP contribution in [0.15, 0.2) is 0 Å². The summed E-state index contributed by atoms with van der Waals surface area (Å²) in [6.07, 6.45) is 4.70. The van der Waals surface area contributed by atoms with Crippen molar-refractivity contribution in [1.29, 1.82) is 0 Å². The first-order valence-electron chi connectivity index (χ1n) is 7.32. The summed E-state index contributed by atoms with van der Waals surface area (Å²) in [6, 6.07) is 0.250. The van der Waals surface area contributed by atoms with Crippen molar-refractivity contribution in [2.24, 2.45) is 11.7 Å². The van der Waals surface area contributed by atoms with Crippen LogP contribution in [-0.4, -0.2) is 42.5 Å². The van der Waals surface area contributed by atoms with E-state index in [1.807, 2.05) is 13.8 Å². The van der Waals surface area contributed by atoms with Gasteiger partial charge in [0.2, 0.25) is 5.91 Å². The largest absolute Gasteiger partial charge is 0.368 e. The molecule has 1 rings (SSSR count). The van der Waals surface area contributed by atoms with Crippen LogP contribution in [-0.2, 0) is 4.79 Å². The fourth-order valence-electron chi connectivity index (χ4n) is 2.72. The molecule has 0 aromatic carbocycles. The van der Waals surface area contributed by atoms with Gasteiger partial charge in [-0.25, -0.2) is 0 Å². The quantitative estimate of drug-likeness (QED) is 0.753. The second-order valence-electron chi connectivity index (χ2n) is 5.76. The Labute approximate surface area is 111 Å². The van der Waals surface area contributed by atoms with Crippen LogP contribution in [0.25, 0.3) is 0 Å². The fourth-order valence-corrected chi connectivity index (χ4v) is 2.72. The molecule has 1 fully saturated rings. The van der Waals surface area contributed by atoms with E-state index in [0.29, 0.717) is 6.04 Å². The van der Waals surface area contributed by atoms with E-state index in [1.54, 1.807) is 0 Å². The molecule has 2 atom stereocenters. The van der Waals surface area contributed by atoms with Gasteiger partial charge in [-0.15, -0.1) is 0 Å². The van der Waals surface area contributed by atoms with E-state index in [1.165, 1.54) is 25.9 Å². The van der Waals surface area contributed by atoms with E-state index < -0.39 is 0 Å². The zero-order chi connectivity index (χ0) is 13.5. The van der Waals surface area contributed by atoms with Gasteiger partial charge in [0.1, 0.15) is 0 Å². The lowest BCUT2D eigenvalue weighted by atomic mass is 10.0. The number of carbonyl (C=O) groups is 1. The number of nitrogens with zero attached hydrogens (tertiary/aromatic N) is 1. The predicted octanol–water partition coefficient (Wildman–Crippen LogP) is 1.35. The first kappa shape index (κ1) is 15.4. The van der Waals surface area contributed by atoms with Crippen molar-refractivity contribution < 1.29 is 4.79 Å². The molecule has 0 aromatic heterocycles. The molecule has 1 aliphatic heterocycles. The molecule has 2 unspecified atom stereocenters. The van der Waals surface area contributed by atoms with Crippen molar-refractivity contribution in [1.82, 2.24) is 10.2 Å². The zero-order valence-corrected chi connectivity index (χ0v) is 12.1. The van der Waals surface area contributed by atoms with Gasteiger partial charge in [0.25, 0.3) is 0 Å². The van der Waals surface area contributed by atoms with Crippen molar-refractivity contribution in [3.63, 3.8) is 0 Å². The molecular formula is C14H29N3O. The second-order valence-corrected chi connectivity index (χ2v) is 5.76.